The largest absolute Gasteiger partial charge is 0.432 e. The third-order valence-corrected chi connectivity index (χ3v) is 4.22. The molecule has 0 N–H and O–H groups in total. The summed E-state index contributed by atoms with van der Waals surface area (Å²) in [6.45, 7) is 3.60. The van der Waals surface area contributed by atoms with E-state index in [2.05, 4.69) is 22.6 Å². The summed E-state index contributed by atoms with van der Waals surface area (Å²) in [5.74, 6) is -0.659. The van der Waals surface area contributed by atoms with Gasteiger partial charge in [-0.25, -0.2) is 9.59 Å². The number of carbonyl (C=O) groups is 2. The second-order valence-corrected chi connectivity index (χ2v) is 6.73. The lowest BCUT2D eigenvalue weighted by Gasteiger charge is -2.11. The van der Waals surface area contributed by atoms with Crippen LogP contribution in [0.2, 0.25) is 0 Å². The van der Waals surface area contributed by atoms with Gasteiger partial charge >= 0.3 is 11.9 Å². The fourth-order valence-electron chi connectivity index (χ4n) is 2.06. The summed E-state index contributed by atoms with van der Waals surface area (Å²) in [6, 6.07) is 12.1. The molecule has 0 saturated carbocycles. The topological polar surface area (TPSA) is 61.8 Å². The lowest BCUT2D eigenvalue weighted by molar-refractivity contribution is -0.128. The van der Waals surface area contributed by atoms with Gasteiger partial charge in [-0.2, -0.15) is 0 Å². The first-order chi connectivity index (χ1) is 12.4. The third-order valence-electron chi connectivity index (χ3n) is 3.54. The van der Waals surface area contributed by atoms with E-state index in [1.54, 1.807) is 13.0 Å². The van der Waals surface area contributed by atoms with E-state index >= 15 is 0 Å². The van der Waals surface area contributed by atoms with Crippen molar-refractivity contribution in [1.29, 1.82) is 0 Å². The molecule has 0 saturated heterocycles. The second-order valence-electron chi connectivity index (χ2n) is 5.49. The van der Waals surface area contributed by atoms with Crippen LogP contribution in [0.4, 0.5) is 0 Å². The molecule has 2 aromatic rings. The molecule has 136 valence electrons. The molecule has 0 radical (unpaired) electrons. The number of ether oxygens (including phenoxy) is 3. The number of aryl methyl sites for hydroxylation is 1. The normalized spacial score (nSPS) is 12.0. The minimum atomic E-state index is -0.630. The van der Waals surface area contributed by atoms with Crippen LogP contribution in [0.15, 0.2) is 48.5 Å². The van der Waals surface area contributed by atoms with Crippen molar-refractivity contribution in [2.75, 3.05) is 7.11 Å². The lowest BCUT2D eigenvalue weighted by atomic mass is 10.1. The molecule has 5 nitrogen and oxygen atoms in total. The Morgan fingerprint density at radius 2 is 1.81 bits per heavy atom. The lowest BCUT2D eigenvalue weighted by Crippen LogP contribution is -2.16. The van der Waals surface area contributed by atoms with Crippen LogP contribution >= 0.6 is 22.6 Å². The number of hydrogen-bond donors (Lipinski definition) is 0. The molecule has 0 fully saturated rings. The van der Waals surface area contributed by atoms with Crippen LogP contribution in [0.25, 0.3) is 6.08 Å². The predicted octanol–water partition coefficient (Wildman–Crippen LogP) is 4.37. The van der Waals surface area contributed by atoms with Crippen LogP contribution in [-0.2, 0) is 14.3 Å². The molecule has 6 heteroatoms. The fraction of sp³-hybridized carbons (Fsp3) is 0.200. The summed E-state index contributed by atoms with van der Waals surface area (Å²) in [7, 11) is 1.45. The SMILES string of the molecule is COC(C)OC(=O)c1ccc(OC(=O)/C=C/c2ccc(I)cc2C)cc1. The zero-order valence-electron chi connectivity index (χ0n) is 14.7. The zero-order chi connectivity index (χ0) is 19.1. The number of carbonyl (C=O) groups excluding carboxylic acids is 2. The Hall–Kier alpha value is -2.19. The Morgan fingerprint density at radius 3 is 2.42 bits per heavy atom. The molecule has 2 rings (SSSR count). The van der Waals surface area contributed by atoms with Crippen molar-refractivity contribution in [3.8, 4) is 5.75 Å². The van der Waals surface area contributed by atoms with Crippen LogP contribution in [0.3, 0.4) is 0 Å². The van der Waals surface area contributed by atoms with Crippen LogP contribution in [0.5, 0.6) is 5.75 Å². The van der Waals surface area contributed by atoms with Crippen LogP contribution in [0.1, 0.15) is 28.4 Å². The smallest absolute Gasteiger partial charge is 0.340 e. The van der Waals surface area contributed by atoms with Crippen LogP contribution in [-0.4, -0.2) is 25.3 Å². The first kappa shape index (κ1) is 20.1. The molecular weight excluding hydrogens is 447 g/mol. The second kappa shape index (κ2) is 9.49. The van der Waals surface area contributed by atoms with Crippen molar-refractivity contribution in [1.82, 2.24) is 0 Å². The van der Waals surface area contributed by atoms with Crippen molar-refractivity contribution >= 4 is 40.6 Å². The van der Waals surface area contributed by atoms with Gasteiger partial charge in [-0.15, -0.1) is 0 Å². The zero-order valence-corrected chi connectivity index (χ0v) is 16.9. The third kappa shape index (κ3) is 5.96. The number of esters is 2. The Bertz CT molecular complexity index is 811. The summed E-state index contributed by atoms with van der Waals surface area (Å²) in [4.78, 5) is 23.8. The van der Waals surface area contributed by atoms with Crippen LogP contribution < -0.4 is 4.74 Å². The Morgan fingerprint density at radius 1 is 1.12 bits per heavy atom. The molecule has 26 heavy (non-hydrogen) atoms. The Labute approximate surface area is 166 Å². The minimum Gasteiger partial charge on any atom is -0.432 e. The molecule has 0 bridgehead atoms. The van der Waals surface area contributed by atoms with Gasteiger partial charge in [-0.3, -0.25) is 0 Å². The highest BCUT2D eigenvalue weighted by Gasteiger charge is 2.11. The van der Waals surface area contributed by atoms with Gasteiger partial charge in [0.2, 0.25) is 0 Å². The van der Waals surface area contributed by atoms with Gasteiger partial charge in [-0.1, -0.05) is 6.07 Å². The van der Waals surface area contributed by atoms with E-state index in [0.29, 0.717) is 11.3 Å². The number of methoxy groups -OCH3 is 1. The highest BCUT2D eigenvalue weighted by atomic mass is 127. The van der Waals surface area contributed by atoms with E-state index in [9.17, 15) is 9.59 Å². The van der Waals surface area contributed by atoms with Gasteiger partial charge in [0.25, 0.3) is 0 Å². The van der Waals surface area contributed by atoms with Gasteiger partial charge in [0, 0.05) is 16.8 Å². The average molecular weight is 466 g/mol. The van der Waals surface area contributed by atoms with Crippen molar-refractivity contribution < 1.29 is 23.8 Å². The Balaban J connectivity index is 1.96. The van der Waals surface area contributed by atoms with E-state index in [1.807, 2.05) is 25.1 Å². The molecule has 2 aromatic carbocycles. The molecule has 1 atom stereocenters. The summed E-state index contributed by atoms with van der Waals surface area (Å²) >= 11 is 2.24. The van der Waals surface area contributed by atoms with E-state index in [-0.39, 0.29) is 0 Å². The van der Waals surface area contributed by atoms with E-state index < -0.39 is 18.2 Å². The number of halogens is 1. The molecule has 0 spiro atoms. The number of hydrogen-bond acceptors (Lipinski definition) is 5. The molecule has 0 heterocycles. The molecular formula is C20H19IO5. The van der Waals surface area contributed by atoms with Crippen molar-refractivity contribution in [2.24, 2.45) is 0 Å². The quantitative estimate of drug-likeness (QED) is 0.208. The maximum atomic E-state index is 11.9. The minimum absolute atomic E-state index is 0.343. The molecule has 0 aliphatic heterocycles. The van der Waals surface area contributed by atoms with Crippen molar-refractivity contribution in [2.45, 2.75) is 20.1 Å². The number of rotatable bonds is 6. The molecule has 1 unspecified atom stereocenters. The monoisotopic (exact) mass is 466 g/mol. The first-order valence-corrected chi connectivity index (χ1v) is 8.97. The molecule has 0 amide bonds. The molecule has 0 aliphatic carbocycles. The maximum absolute atomic E-state index is 11.9. The van der Waals surface area contributed by atoms with Crippen molar-refractivity contribution in [3.05, 3.63) is 68.8 Å². The summed E-state index contributed by atoms with van der Waals surface area (Å²) in [5.41, 5.74) is 2.38. The first-order valence-electron chi connectivity index (χ1n) is 7.89. The van der Waals surface area contributed by atoms with E-state index in [0.717, 1.165) is 14.7 Å². The average Bonchev–Trinajstić information content (AvgIpc) is 2.61. The van der Waals surface area contributed by atoms with Gasteiger partial charge in [-0.05, 0) is 90.0 Å². The van der Waals surface area contributed by atoms with Crippen LogP contribution in [0, 0.1) is 10.5 Å². The standard InChI is InChI=1S/C20H19IO5/c1-13-12-17(21)8-4-15(13)7-11-19(22)26-18-9-5-16(6-10-18)20(23)25-14(2)24-3/h4-12,14H,1-3H3/b11-7+. The van der Waals surface area contributed by atoms with Gasteiger partial charge in [0.1, 0.15) is 5.75 Å². The predicted molar refractivity (Wildman–Crippen MR) is 107 cm³/mol. The van der Waals surface area contributed by atoms with E-state index in [1.165, 1.54) is 37.5 Å². The van der Waals surface area contributed by atoms with Gasteiger partial charge < -0.3 is 14.2 Å². The fourth-order valence-corrected chi connectivity index (χ4v) is 2.71. The molecule has 0 aromatic heterocycles. The highest BCUT2D eigenvalue weighted by molar-refractivity contribution is 14.1. The van der Waals surface area contributed by atoms with Crippen molar-refractivity contribution in [3.63, 3.8) is 0 Å². The maximum Gasteiger partial charge on any atom is 0.340 e. The highest BCUT2D eigenvalue weighted by Crippen LogP contribution is 2.16. The Kier molecular flexibility index (Phi) is 7.35. The van der Waals surface area contributed by atoms with Gasteiger partial charge in [0.05, 0.1) is 5.56 Å². The van der Waals surface area contributed by atoms with E-state index in [4.69, 9.17) is 14.2 Å². The summed E-state index contributed by atoms with van der Waals surface area (Å²) in [6.07, 6.45) is 2.46. The number of benzene rings is 2. The van der Waals surface area contributed by atoms with Gasteiger partial charge in [0.15, 0.2) is 6.29 Å². The summed E-state index contributed by atoms with van der Waals surface area (Å²) < 4.78 is 16.3. The summed E-state index contributed by atoms with van der Waals surface area (Å²) in [5, 5.41) is 0. The molecule has 0 aliphatic rings.